The number of urea groups is 1. The molecular formula is C38H45F2N5O7. The molecule has 0 saturated heterocycles. The fourth-order valence-electron chi connectivity index (χ4n) is 5.73. The molecule has 4 rings (SSSR count). The van der Waals surface area contributed by atoms with Crippen LogP contribution in [0.25, 0.3) is 10.8 Å². The van der Waals surface area contributed by atoms with Crippen LogP contribution in [-0.2, 0) is 20.8 Å². The van der Waals surface area contributed by atoms with Crippen molar-refractivity contribution in [2.45, 2.75) is 65.3 Å². The topological polar surface area (TPSA) is 142 Å². The minimum Gasteiger partial charge on any atom is -0.467 e. The maximum absolute atomic E-state index is 13.3. The van der Waals surface area contributed by atoms with E-state index in [1.165, 1.54) is 42.2 Å². The van der Waals surface area contributed by atoms with Gasteiger partial charge in [0, 0.05) is 49.2 Å². The lowest BCUT2D eigenvalue weighted by molar-refractivity contribution is -0.141. The predicted molar refractivity (Wildman–Crippen MR) is 195 cm³/mol. The van der Waals surface area contributed by atoms with Gasteiger partial charge in [-0.15, -0.1) is 0 Å². The lowest BCUT2D eigenvalue weighted by atomic mass is 9.92. The van der Waals surface area contributed by atoms with Crippen LogP contribution in [0, 0.1) is 6.92 Å². The largest absolute Gasteiger partial charge is 0.467 e. The minimum atomic E-state index is -3.09. The van der Waals surface area contributed by atoms with Crippen molar-refractivity contribution in [1.82, 2.24) is 14.8 Å². The number of carbonyl (C=O) groups excluding carboxylic acids is 3. The van der Waals surface area contributed by atoms with Gasteiger partial charge in [-0.2, -0.15) is 8.78 Å². The number of halogens is 2. The molecule has 1 aromatic heterocycles. The van der Waals surface area contributed by atoms with E-state index in [1.54, 1.807) is 58.3 Å². The van der Waals surface area contributed by atoms with E-state index < -0.39 is 36.3 Å². The van der Waals surface area contributed by atoms with Gasteiger partial charge in [0.05, 0.1) is 13.7 Å². The average Bonchev–Trinajstić information content (AvgIpc) is 3.07. The summed E-state index contributed by atoms with van der Waals surface area (Å²) >= 11 is 0. The SMILES string of the molecule is COC(=O)C(Nc1ccc2cc[nH]c(=O)c2c1)c1ccc([C@@H](C)CN(C)C(=O)Nc2ccc(OC(F)F)c(CN(C)C(=O)OC(C)(C)C)c2)c(C)c1. The fraction of sp³-hybridized carbons (Fsp3) is 0.368. The Bertz CT molecular complexity index is 1980. The molecule has 0 bridgehead atoms. The number of esters is 1. The zero-order valence-electron chi connectivity index (χ0n) is 30.5. The predicted octanol–water partition coefficient (Wildman–Crippen LogP) is 7.40. The maximum Gasteiger partial charge on any atom is 0.410 e. The number of H-pyrrole nitrogens is 1. The monoisotopic (exact) mass is 721 g/mol. The molecule has 0 spiro atoms. The number of anilines is 2. The number of likely N-dealkylation sites (N-methyl/N-ethyl adjacent to an activating group) is 1. The molecule has 12 nitrogen and oxygen atoms in total. The van der Waals surface area contributed by atoms with Gasteiger partial charge < -0.3 is 39.6 Å². The summed E-state index contributed by atoms with van der Waals surface area (Å²) in [6, 6.07) is 15.6. The van der Waals surface area contributed by atoms with Crippen LogP contribution in [0.3, 0.4) is 0 Å². The molecule has 52 heavy (non-hydrogen) atoms. The molecule has 4 aromatic rings. The number of pyridine rings is 1. The van der Waals surface area contributed by atoms with E-state index in [-0.39, 0.29) is 29.3 Å². The van der Waals surface area contributed by atoms with Gasteiger partial charge in [0.1, 0.15) is 11.4 Å². The Morgan fingerprint density at radius 2 is 1.65 bits per heavy atom. The molecule has 0 aliphatic rings. The molecule has 0 saturated carbocycles. The number of alkyl halides is 2. The summed E-state index contributed by atoms with van der Waals surface area (Å²) in [5, 5.41) is 7.22. The first kappa shape index (κ1) is 39.1. The van der Waals surface area contributed by atoms with Crippen LogP contribution in [0.15, 0.2) is 71.7 Å². The number of fused-ring (bicyclic) bond motifs is 1. The Balaban J connectivity index is 1.46. The van der Waals surface area contributed by atoms with Crippen molar-refractivity contribution in [2.24, 2.45) is 0 Å². The molecule has 1 heterocycles. The number of hydrogen-bond acceptors (Lipinski definition) is 8. The van der Waals surface area contributed by atoms with Crippen molar-refractivity contribution >= 4 is 40.2 Å². The number of hydrogen-bond donors (Lipinski definition) is 3. The highest BCUT2D eigenvalue weighted by Gasteiger charge is 2.25. The molecule has 3 N–H and O–H groups in total. The minimum absolute atomic E-state index is 0.114. The van der Waals surface area contributed by atoms with E-state index in [0.717, 1.165) is 16.5 Å². The van der Waals surface area contributed by atoms with E-state index in [4.69, 9.17) is 9.47 Å². The summed E-state index contributed by atoms with van der Waals surface area (Å²) in [5.74, 6) is -0.769. The smallest absolute Gasteiger partial charge is 0.410 e. The van der Waals surface area contributed by atoms with Crippen LogP contribution < -0.4 is 20.9 Å². The number of rotatable bonds is 12. The molecular weight excluding hydrogens is 676 g/mol. The van der Waals surface area contributed by atoms with Gasteiger partial charge in [0.25, 0.3) is 5.56 Å². The number of ether oxygens (including phenoxy) is 3. The average molecular weight is 722 g/mol. The highest BCUT2D eigenvalue weighted by molar-refractivity contribution is 5.89. The van der Waals surface area contributed by atoms with E-state index in [2.05, 4.69) is 20.4 Å². The third-order valence-corrected chi connectivity index (χ3v) is 8.22. The summed E-state index contributed by atoms with van der Waals surface area (Å²) < 4.78 is 41.4. The van der Waals surface area contributed by atoms with Crippen LogP contribution in [0.2, 0.25) is 0 Å². The number of aromatic amines is 1. The van der Waals surface area contributed by atoms with Crippen molar-refractivity contribution < 1.29 is 37.4 Å². The first-order valence-electron chi connectivity index (χ1n) is 16.6. The fourth-order valence-corrected chi connectivity index (χ4v) is 5.73. The Morgan fingerprint density at radius 3 is 2.31 bits per heavy atom. The molecule has 3 aromatic carbocycles. The summed E-state index contributed by atoms with van der Waals surface area (Å²) in [4.78, 5) is 56.4. The van der Waals surface area contributed by atoms with Gasteiger partial charge in [0.15, 0.2) is 6.04 Å². The van der Waals surface area contributed by atoms with E-state index in [9.17, 15) is 28.0 Å². The number of nitrogens with one attached hydrogen (secondary N) is 3. The maximum atomic E-state index is 13.3. The van der Waals surface area contributed by atoms with E-state index in [0.29, 0.717) is 28.9 Å². The van der Waals surface area contributed by atoms with E-state index in [1.807, 2.05) is 32.0 Å². The molecule has 278 valence electrons. The van der Waals surface area contributed by atoms with Crippen LogP contribution in [-0.4, -0.2) is 72.8 Å². The first-order chi connectivity index (χ1) is 24.4. The molecule has 0 aliphatic carbocycles. The van der Waals surface area contributed by atoms with Crippen molar-refractivity contribution in [3.05, 3.63) is 99.5 Å². The van der Waals surface area contributed by atoms with Crippen LogP contribution in [0.4, 0.5) is 29.7 Å². The summed E-state index contributed by atoms with van der Waals surface area (Å²) in [6.45, 7) is 6.14. The quantitative estimate of drug-likeness (QED) is 0.129. The third-order valence-electron chi connectivity index (χ3n) is 8.22. The number of aromatic nitrogens is 1. The number of methoxy groups -OCH3 is 1. The van der Waals surface area contributed by atoms with Gasteiger partial charge in [0.2, 0.25) is 0 Å². The van der Waals surface area contributed by atoms with Crippen molar-refractivity contribution in [1.29, 1.82) is 0 Å². The molecule has 14 heteroatoms. The number of aryl methyl sites for hydroxylation is 1. The van der Waals surface area contributed by atoms with Gasteiger partial charge in [-0.3, -0.25) is 4.79 Å². The summed E-state index contributed by atoms with van der Waals surface area (Å²) in [6.07, 6.45) is 0.924. The lowest BCUT2D eigenvalue weighted by Gasteiger charge is -2.26. The molecule has 0 radical (unpaired) electrons. The first-order valence-corrected chi connectivity index (χ1v) is 16.6. The third kappa shape index (κ3) is 10.2. The standard InChI is InChI=1S/C38H45F2N5O7/c1-22-17-25(32(34(47)50-8)42-28-11-9-24-15-16-41-33(46)30(24)19-28)10-13-29(22)23(2)20-44(6)36(48)43-27-12-14-31(51-35(39)40)26(18-27)21-45(7)37(49)52-38(3,4)5/h9-19,23,32,35,42H,20-21H2,1-8H3,(H,41,46)(H,43,48)/t23-,32?/m0/s1. The lowest BCUT2D eigenvalue weighted by Crippen LogP contribution is -2.34. The second kappa shape index (κ2) is 16.6. The zero-order chi connectivity index (χ0) is 38.3. The Hall–Kier alpha value is -5.66. The summed E-state index contributed by atoms with van der Waals surface area (Å²) in [5.41, 5.74) is 2.62. The van der Waals surface area contributed by atoms with Crippen molar-refractivity contribution in [3.8, 4) is 5.75 Å². The van der Waals surface area contributed by atoms with Gasteiger partial charge in [-0.1, -0.05) is 31.2 Å². The zero-order valence-corrected chi connectivity index (χ0v) is 30.5. The van der Waals surface area contributed by atoms with Gasteiger partial charge >= 0.3 is 24.7 Å². The normalized spacial score (nSPS) is 12.5. The van der Waals surface area contributed by atoms with Crippen LogP contribution in [0.5, 0.6) is 5.75 Å². The number of carbonyl (C=O) groups is 3. The Kier molecular flexibility index (Phi) is 12.5. The molecule has 3 amide bonds. The van der Waals surface area contributed by atoms with Gasteiger partial charge in [-0.05, 0) is 92.1 Å². The highest BCUT2D eigenvalue weighted by atomic mass is 19.3. The molecule has 1 unspecified atom stereocenters. The van der Waals surface area contributed by atoms with Crippen LogP contribution >= 0.6 is 0 Å². The molecule has 0 aliphatic heterocycles. The van der Waals surface area contributed by atoms with E-state index >= 15 is 0 Å². The number of amides is 3. The number of benzene rings is 3. The highest BCUT2D eigenvalue weighted by Crippen LogP contribution is 2.29. The van der Waals surface area contributed by atoms with Crippen molar-refractivity contribution in [2.75, 3.05) is 38.4 Å². The number of nitrogens with zero attached hydrogens (tertiary/aromatic N) is 2. The summed E-state index contributed by atoms with van der Waals surface area (Å²) in [7, 11) is 4.41. The Morgan fingerprint density at radius 1 is 0.942 bits per heavy atom. The second-order valence-electron chi connectivity index (χ2n) is 13.6. The second-order valence-corrected chi connectivity index (χ2v) is 13.6. The Labute approximate surface area is 301 Å². The van der Waals surface area contributed by atoms with Crippen LogP contribution in [0.1, 0.15) is 61.9 Å². The molecule has 2 atom stereocenters. The van der Waals surface area contributed by atoms with Crippen molar-refractivity contribution in [3.63, 3.8) is 0 Å². The molecule has 0 fully saturated rings. The van der Waals surface area contributed by atoms with Gasteiger partial charge in [-0.25, -0.2) is 14.4 Å².